The van der Waals surface area contributed by atoms with Gasteiger partial charge in [0.25, 0.3) is 0 Å². The third-order valence-electron chi connectivity index (χ3n) is 5.63. The lowest BCUT2D eigenvalue weighted by Crippen LogP contribution is -2.18. The predicted octanol–water partition coefficient (Wildman–Crippen LogP) is 4.13. The highest BCUT2D eigenvalue weighted by molar-refractivity contribution is 5.93. The smallest absolute Gasteiger partial charge is 0.228 e. The number of hydrogen-bond acceptors (Lipinski definition) is 5. The largest absolute Gasteiger partial charge is 0.482 e. The van der Waals surface area contributed by atoms with E-state index in [1.807, 2.05) is 67.7 Å². The molecule has 0 aliphatic heterocycles. The summed E-state index contributed by atoms with van der Waals surface area (Å²) in [4.78, 5) is 16.5. The fraction of sp³-hybridized carbons (Fsp3) is 0.240. The Kier molecular flexibility index (Phi) is 5.33. The quantitative estimate of drug-likeness (QED) is 0.462. The summed E-state index contributed by atoms with van der Waals surface area (Å²) in [7, 11) is 0. The summed E-state index contributed by atoms with van der Waals surface area (Å²) in [6, 6.07) is 17.8. The molecule has 5 rings (SSSR count). The number of amides is 1. The molecule has 0 saturated heterocycles. The Labute approximate surface area is 186 Å². The van der Waals surface area contributed by atoms with Crippen LogP contribution in [0, 0.1) is 12.8 Å². The van der Waals surface area contributed by atoms with E-state index in [1.54, 1.807) is 10.7 Å². The second kappa shape index (κ2) is 8.43. The highest BCUT2D eigenvalue weighted by Gasteiger charge is 2.30. The molecule has 1 aliphatic rings. The van der Waals surface area contributed by atoms with Crippen molar-refractivity contribution < 1.29 is 9.53 Å². The van der Waals surface area contributed by atoms with E-state index in [1.165, 1.54) is 0 Å². The van der Waals surface area contributed by atoms with E-state index in [4.69, 9.17) is 10.5 Å². The average molecular weight is 428 g/mol. The van der Waals surface area contributed by atoms with Crippen molar-refractivity contribution in [2.24, 2.45) is 11.7 Å². The highest BCUT2D eigenvalue weighted by Crippen LogP contribution is 2.34. The molecule has 1 unspecified atom stereocenters. The summed E-state index contributed by atoms with van der Waals surface area (Å²) in [5.41, 5.74) is 10.7. The number of aryl methyl sites for hydroxylation is 1. The molecule has 1 amide bonds. The monoisotopic (exact) mass is 427 g/mol. The molecule has 1 aliphatic carbocycles. The molecule has 1 saturated carbocycles. The summed E-state index contributed by atoms with van der Waals surface area (Å²) in [5.74, 6) is 1.41. The summed E-state index contributed by atoms with van der Waals surface area (Å²) >= 11 is 0. The molecular formula is C25H25N5O2. The van der Waals surface area contributed by atoms with Crippen molar-refractivity contribution in [3.8, 4) is 16.9 Å². The first kappa shape index (κ1) is 20.2. The molecule has 3 N–H and O–H groups in total. The Hall–Kier alpha value is -3.71. The van der Waals surface area contributed by atoms with Crippen molar-refractivity contribution in [2.45, 2.75) is 25.9 Å². The molecule has 1 aromatic carbocycles. The number of anilines is 1. The zero-order valence-corrected chi connectivity index (χ0v) is 17.9. The van der Waals surface area contributed by atoms with Crippen LogP contribution >= 0.6 is 0 Å². The molecule has 3 aromatic heterocycles. The maximum absolute atomic E-state index is 12.1. The molecule has 0 bridgehead atoms. The van der Waals surface area contributed by atoms with Crippen LogP contribution < -0.4 is 15.8 Å². The van der Waals surface area contributed by atoms with E-state index in [0.29, 0.717) is 18.1 Å². The zero-order chi connectivity index (χ0) is 22.1. The van der Waals surface area contributed by atoms with Gasteiger partial charge in [-0.3, -0.25) is 9.78 Å². The third kappa shape index (κ3) is 4.20. The summed E-state index contributed by atoms with van der Waals surface area (Å²) in [5, 5.41) is 7.37. The number of carbonyl (C=O) groups is 1. The molecule has 162 valence electrons. The predicted molar refractivity (Wildman–Crippen MR) is 123 cm³/mol. The van der Waals surface area contributed by atoms with Crippen LogP contribution in [-0.2, 0) is 4.79 Å². The van der Waals surface area contributed by atoms with Gasteiger partial charge in [-0.25, -0.2) is 4.52 Å². The van der Waals surface area contributed by atoms with E-state index in [0.717, 1.165) is 40.7 Å². The molecule has 1 atom stereocenters. The SMILES string of the molecule is Cc1cc(-c2ccn3nc(NC(=O)C4CC4)cc3c2)c(OC(CN)c2ccccc2)cn1. The van der Waals surface area contributed by atoms with Crippen LogP contribution in [0.2, 0.25) is 0 Å². The number of benzene rings is 1. The van der Waals surface area contributed by atoms with Gasteiger partial charge < -0.3 is 15.8 Å². The second-order valence-corrected chi connectivity index (χ2v) is 8.15. The van der Waals surface area contributed by atoms with E-state index in [-0.39, 0.29) is 17.9 Å². The van der Waals surface area contributed by atoms with Crippen molar-refractivity contribution in [3.05, 3.63) is 78.2 Å². The summed E-state index contributed by atoms with van der Waals surface area (Å²) < 4.78 is 8.08. The van der Waals surface area contributed by atoms with Gasteiger partial charge in [0.15, 0.2) is 5.82 Å². The second-order valence-electron chi connectivity index (χ2n) is 8.15. The molecule has 0 spiro atoms. The van der Waals surface area contributed by atoms with Crippen molar-refractivity contribution in [2.75, 3.05) is 11.9 Å². The number of aromatic nitrogens is 3. The van der Waals surface area contributed by atoms with Crippen LogP contribution in [0.4, 0.5) is 5.82 Å². The number of nitrogens with two attached hydrogens (primary N) is 1. The number of hydrogen-bond donors (Lipinski definition) is 2. The van der Waals surface area contributed by atoms with Gasteiger partial charge in [-0.2, -0.15) is 5.10 Å². The lowest BCUT2D eigenvalue weighted by molar-refractivity contribution is -0.117. The molecule has 32 heavy (non-hydrogen) atoms. The van der Waals surface area contributed by atoms with Gasteiger partial charge in [0, 0.05) is 36.0 Å². The average Bonchev–Trinajstić information content (AvgIpc) is 3.59. The fourth-order valence-corrected chi connectivity index (χ4v) is 3.74. The van der Waals surface area contributed by atoms with Gasteiger partial charge in [-0.15, -0.1) is 0 Å². The number of nitrogens with one attached hydrogen (secondary N) is 1. The molecule has 7 heteroatoms. The van der Waals surface area contributed by atoms with Crippen molar-refractivity contribution >= 4 is 17.2 Å². The maximum atomic E-state index is 12.1. The van der Waals surface area contributed by atoms with Gasteiger partial charge in [0.05, 0.1) is 11.7 Å². The van der Waals surface area contributed by atoms with Crippen LogP contribution in [0.5, 0.6) is 5.75 Å². The number of carbonyl (C=O) groups excluding carboxylic acids is 1. The minimum absolute atomic E-state index is 0.0443. The van der Waals surface area contributed by atoms with Gasteiger partial charge in [0.2, 0.25) is 5.91 Å². The van der Waals surface area contributed by atoms with Gasteiger partial charge in [-0.05, 0) is 49.1 Å². The number of ether oxygens (including phenoxy) is 1. The molecule has 3 heterocycles. The fourth-order valence-electron chi connectivity index (χ4n) is 3.74. The first-order chi connectivity index (χ1) is 15.6. The van der Waals surface area contributed by atoms with E-state index in [2.05, 4.69) is 15.4 Å². The van der Waals surface area contributed by atoms with Gasteiger partial charge in [0.1, 0.15) is 11.9 Å². The zero-order valence-electron chi connectivity index (χ0n) is 17.9. The Morgan fingerprint density at radius 3 is 2.78 bits per heavy atom. The van der Waals surface area contributed by atoms with Crippen LogP contribution in [-0.4, -0.2) is 27.0 Å². The molecule has 1 fully saturated rings. The number of rotatable bonds is 7. The molecular weight excluding hydrogens is 402 g/mol. The van der Waals surface area contributed by atoms with Crippen LogP contribution in [0.3, 0.4) is 0 Å². The lowest BCUT2D eigenvalue weighted by Gasteiger charge is -2.20. The van der Waals surface area contributed by atoms with Crippen molar-refractivity contribution in [3.63, 3.8) is 0 Å². The first-order valence-electron chi connectivity index (χ1n) is 10.8. The summed E-state index contributed by atoms with van der Waals surface area (Å²) in [6.07, 6.45) is 5.27. The first-order valence-corrected chi connectivity index (χ1v) is 10.8. The topological polar surface area (TPSA) is 94.5 Å². The Balaban J connectivity index is 1.47. The Morgan fingerprint density at radius 2 is 2.03 bits per heavy atom. The normalized spacial score (nSPS) is 14.3. The number of fused-ring (bicyclic) bond motifs is 1. The highest BCUT2D eigenvalue weighted by atomic mass is 16.5. The molecule has 7 nitrogen and oxygen atoms in total. The van der Waals surface area contributed by atoms with E-state index in [9.17, 15) is 4.79 Å². The van der Waals surface area contributed by atoms with Crippen molar-refractivity contribution in [1.82, 2.24) is 14.6 Å². The third-order valence-corrected chi connectivity index (χ3v) is 5.63. The molecule has 0 radical (unpaired) electrons. The summed E-state index contributed by atoms with van der Waals surface area (Å²) in [6.45, 7) is 2.30. The van der Waals surface area contributed by atoms with Gasteiger partial charge >= 0.3 is 0 Å². The minimum atomic E-state index is -0.276. The standard InChI is InChI=1S/C25H25N5O2/c1-16-11-21(23(15-27-16)32-22(14-26)17-5-3-2-4-6-17)19-9-10-30-20(12-19)13-24(29-30)28-25(31)18-7-8-18/h2-6,9-13,15,18,22H,7-8,14,26H2,1H3,(H,28,29,31). The van der Waals surface area contributed by atoms with Gasteiger partial charge in [-0.1, -0.05) is 30.3 Å². The van der Waals surface area contributed by atoms with Crippen LogP contribution in [0.25, 0.3) is 16.6 Å². The number of nitrogens with zero attached hydrogens (tertiary/aromatic N) is 3. The van der Waals surface area contributed by atoms with Crippen LogP contribution in [0.1, 0.15) is 30.2 Å². The Bertz CT molecular complexity index is 1260. The maximum Gasteiger partial charge on any atom is 0.228 e. The van der Waals surface area contributed by atoms with Crippen molar-refractivity contribution in [1.29, 1.82) is 0 Å². The lowest BCUT2D eigenvalue weighted by atomic mass is 10.1. The van der Waals surface area contributed by atoms with E-state index >= 15 is 0 Å². The van der Waals surface area contributed by atoms with Crippen LogP contribution in [0.15, 0.2) is 67.0 Å². The Morgan fingerprint density at radius 1 is 1.22 bits per heavy atom. The molecule has 4 aromatic rings. The number of pyridine rings is 2. The minimum Gasteiger partial charge on any atom is -0.482 e. The van der Waals surface area contributed by atoms with E-state index < -0.39 is 0 Å².